The van der Waals surface area contributed by atoms with Crippen molar-refractivity contribution in [1.29, 1.82) is 0 Å². The van der Waals surface area contributed by atoms with Gasteiger partial charge in [-0.3, -0.25) is 28.3 Å². The van der Waals surface area contributed by atoms with Crippen molar-refractivity contribution in [2.75, 3.05) is 6.61 Å². The number of rotatable bonds is 15. The second-order valence-corrected chi connectivity index (χ2v) is 18.3. The summed E-state index contributed by atoms with van der Waals surface area (Å²) in [5, 5.41) is 31.0. The predicted octanol–water partition coefficient (Wildman–Crippen LogP) is 2.08. The van der Waals surface area contributed by atoms with Crippen LogP contribution in [0.4, 0.5) is 0 Å². The molecule has 5 rings (SSSR count). The van der Waals surface area contributed by atoms with Gasteiger partial charge in [0, 0.05) is 11.8 Å². The number of aliphatic hydroxyl groups excluding tert-OH is 1. The number of hydrogen-bond donors (Lipinski definition) is 5. The molecule has 5 aliphatic rings. The zero-order valence-electron chi connectivity index (χ0n) is 30.7. The Hall–Kier alpha value is -2.76. The highest BCUT2D eigenvalue weighted by Crippen LogP contribution is 2.70. The van der Waals surface area contributed by atoms with Crippen LogP contribution in [0.25, 0.3) is 0 Å². The molecular formula is C34H50O19S2. The molecule has 4 aliphatic carbocycles. The molecule has 55 heavy (non-hydrogen) atoms. The largest absolute Gasteiger partial charge is 0.481 e. The number of carbonyl (C=O) groups is 4. The van der Waals surface area contributed by atoms with Gasteiger partial charge >= 0.3 is 44.7 Å². The third-order valence-electron chi connectivity index (χ3n) is 12.3. The molecule has 0 aromatic carbocycles. The van der Waals surface area contributed by atoms with Gasteiger partial charge in [-0.15, -0.1) is 0 Å². The maximum atomic E-state index is 13.1. The molecule has 0 aromatic heterocycles. The Kier molecular flexibility index (Phi) is 12.8. The Labute approximate surface area is 318 Å². The summed E-state index contributed by atoms with van der Waals surface area (Å²) in [6.07, 6.45) is -10.5. The van der Waals surface area contributed by atoms with Crippen molar-refractivity contribution in [3.8, 4) is 0 Å². The number of ether oxygens (including phenoxy) is 4. The number of carboxylic acid groups (broad SMARTS) is 2. The minimum Gasteiger partial charge on any atom is -0.481 e. The predicted molar refractivity (Wildman–Crippen MR) is 183 cm³/mol. The van der Waals surface area contributed by atoms with Gasteiger partial charge in [-0.05, 0) is 79.6 Å². The van der Waals surface area contributed by atoms with Crippen LogP contribution >= 0.6 is 0 Å². The van der Waals surface area contributed by atoms with E-state index in [1.165, 1.54) is 0 Å². The first-order valence-electron chi connectivity index (χ1n) is 18.2. The van der Waals surface area contributed by atoms with Crippen LogP contribution in [0.5, 0.6) is 0 Å². The molecule has 0 radical (unpaired) electrons. The number of esters is 2. The lowest BCUT2D eigenvalue weighted by Crippen LogP contribution is -2.64. The average molecular weight is 827 g/mol. The van der Waals surface area contributed by atoms with Crippen LogP contribution in [0, 0.1) is 40.4 Å². The molecule has 312 valence electrons. The van der Waals surface area contributed by atoms with Crippen molar-refractivity contribution in [2.24, 2.45) is 40.4 Å². The van der Waals surface area contributed by atoms with Gasteiger partial charge in [0.15, 0.2) is 18.5 Å². The zero-order chi connectivity index (χ0) is 40.8. The molecule has 1 aliphatic heterocycles. The number of carboxylic acids is 2. The molecule has 5 fully saturated rings. The van der Waals surface area contributed by atoms with Crippen LogP contribution in [0.2, 0.25) is 0 Å². The van der Waals surface area contributed by atoms with Crippen molar-refractivity contribution in [1.82, 2.24) is 0 Å². The van der Waals surface area contributed by atoms with E-state index in [2.05, 4.69) is 6.58 Å². The summed E-state index contributed by atoms with van der Waals surface area (Å²) in [7, 11) is -11.1. The van der Waals surface area contributed by atoms with E-state index in [0.29, 0.717) is 25.7 Å². The zero-order valence-corrected chi connectivity index (χ0v) is 32.3. The molecule has 13 atom stereocenters. The molecule has 8 unspecified atom stereocenters. The number of hydrogen-bond acceptors (Lipinski definition) is 15. The van der Waals surface area contributed by atoms with Crippen LogP contribution in [0.1, 0.15) is 85.0 Å². The van der Waals surface area contributed by atoms with E-state index in [4.69, 9.17) is 32.4 Å². The lowest BCUT2D eigenvalue weighted by atomic mass is 9.43. The maximum absolute atomic E-state index is 13.1. The van der Waals surface area contributed by atoms with Gasteiger partial charge in [0.2, 0.25) is 0 Å². The molecular weight excluding hydrogens is 776 g/mol. The van der Waals surface area contributed by atoms with E-state index in [9.17, 15) is 55.3 Å². The molecule has 0 amide bonds. The molecule has 1 spiro atoms. The first-order valence-corrected chi connectivity index (χ1v) is 21.0. The Bertz CT molecular complexity index is 1730. The minimum absolute atomic E-state index is 0.0939. The minimum atomic E-state index is -5.55. The Morgan fingerprint density at radius 1 is 0.927 bits per heavy atom. The third-order valence-corrected chi connectivity index (χ3v) is 13.2. The van der Waals surface area contributed by atoms with E-state index in [1.54, 1.807) is 13.8 Å². The first-order chi connectivity index (χ1) is 25.4. The van der Waals surface area contributed by atoms with E-state index in [1.807, 2.05) is 6.92 Å². The Morgan fingerprint density at radius 3 is 2.18 bits per heavy atom. The summed E-state index contributed by atoms with van der Waals surface area (Å²) in [6, 6.07) is 0. The van der Waals surface area contributed by atoms with Crippen molar-refractivity contribution in [3.05, 3.63) is 12.2 Å². The van der Waals surface area contributed by atoms with E-state index >= 15 is 0 Å². The van der Waals surface area contributed by atoms with E-state index < -0.39 is 124 Å². The van der Waals surface area contributed by atoms with Gasteiger partial charge in [0.05, 0.1) is 31.0 Å². The highest BCUT2D eigenvalue weighted by atomic mass is 32.3. The number of fused-ring (bicyclic) bond motifs is 3. The molecule has 2 bridgehead atoms. The van der Waals surface area contributed by atoms with E-state index in [0.717, 1.165) is 12.0 Å². The molecule has 4 saturated carbocycles. The topological polar surface area (TPSA) is 293 Å². The second kappa shape index (κ2) is 16.2. The van der Waals surface area contributed by atoms with Crippen molar-refractivity contribution in [2.45, 2.75) is 128 Å². The lowest BCUT2D eigenvalue weighted by molar-refractivity contribution is -0.316. The van der Waals surface area contributed by atoms with Gasteiger partial charge in [-0.1, -0.05) is 27.4 Å². The van der Waals surface area contributed by atoms with Crippen molar-refractivity contribution >= 4 is 44.7 Å². The van der Waals surface area contributed by atoms with Crippen LogP contribution in [0.3, 0.4) is 0 Å². The van der Waals surface area contributed by atoms with Crippen LogP contribution in [-0.2, 0) is 67.3 Å². The van der Waals surface area contributed by atoms with E-state index in [-0.39, 0.29) is 42.9 Å². The fourth-order valence-electron chi connectivity index (χ4n) is 10.3. The number of aliphatic hydroxyl groups is 1. The quantitative estimate of drug-likeness (QED) is 0.0683. The third kappa shape index (κ3) is 9.52. The lowest BCUT2D eigenvalue weighted by Gasteiger charge is -2.62. The summed E-state index contributed by atoms with van der Waals surface area (Å²) in [5.74, 6) is -6.15. The first kappa shape index (κ1) is 43.4. The van der Waals surface area contributed by atoms with Crippen LogP contribution in [-0.4, -0.2) is 115 Å². The van der Waals surface area contributed by atoms with Gasteiger partial charge in [-0.25, -0.2) is 8.37 Å². The molecule has 5 N–H and O–H groups in total. The van der Waals surface area contributed by atoms with Crippen LogP contribution < -0.4 is 0 Å². The second-order valence-electron chi connectivity index (χ2n) is 16.2. The fraction of sp³-hybridized carbons (Fsp3) is 0.824. The van der Waals surface area contributed by atoms with Crippen LogP contribution in [0.15, 0.2) is 12.2 Å². The summed E-state index contributed by atoms with van der Waals surface area (Å²) < 4.78 is 101. The Morgan fingerprint density at radius 2 is 1.58 bits per heavy atom. The molecule has 1 saturated heterocycles. The average Bonchev–Trinajstić information content (AvgIpc) is 3.22. The number of carbonyl (C=O) groups excluding carboxylic acids is 2. The monoisotopic (exact) mass is 826 g/mol. The van der Waals surface area contributed by atoms with Gasteiger partial charge in [0.1, 0.15) is 18.8 Å². The van der Waals surface area contributed by atoms with Gasteiger partial charge in [-0.2, -0.15) is 16.8 Å². The van der Waals surface area contributed by atoms with Gasteiger partial charge in [0.25, 0.3) is 0 Å². The summed E-state index contributed by atoms with van der Waals surface area (Å²) in [5.41, 5.74) is -0.498. The standard InChI is InChI=1S/C34H50O19S2/c1-16(2)11-26(38)51-29-28(53-55(45,46)47)27(52-54(42,43)44)22(15-48-25(37)8-7-24(35)36)50-32(29)49-19-12-20(31(40)41)21-9-10-34-13-18(17(3)30(34)39)5-6-23(34)33(21,4)14-19/h16,18-23,27-30,32,39H,3,5-15H2,1-2,4H3,(H,35,36)(H,40,41)(H,42,43,44)(H,45,46,47)/t18?,19?,20?,21?,22-,23?,27+,28-,29?,30-,32+,33?,34?/m0/s1. The highest BCUT2D eigenvalue weighted by Gasteiger charge is 2.67. The molecule has 21 heteroatoms. The Balaban J connectivity index is 1.53. The van der Waals surface area contributed by atoms with Crippen molar-refractivity contribution in [3.63, 3.8) is 0 Å². The molecule has 19 nitrogen and oxygen atoms in total. The molecule has 0 aromatic rings. The SMILES string of the molecule is C=C1C2CCC3C4(C)CC(O[C@@H]5O[C@@H](COC(=O)CCC(=O)O)[C@@H](OS(=O)(=O)O)[C@H](OS(=O)(=O)O)C5OC(=O)CC(C)C)CC(C(=O)O)C4CCC3(C2)[C@H]1O. The normalized spacial score (nSPS) is 38.8. The summed E-state index contributed by atoms with van der Waals surface area (Å²) >= 11 is 0. The molecule has 1 heterocycles. The maximum Gasteiger partial charge on any atom is 0.397 e. The highest BCUT2D eigenvalue weighted by molar-refractivity contribution is 7.81. The summed E-state index contributed by atoms with van der Waals surface area (Å²) in [6.45, 7) is 8.46. The van der Waals surface area contributed by atoms with Crippen molar-refractivity contribution < 1.29 is 87.8 Å². The van der Waals surface area contributed by atoms with Gasteiger partial charge < -0.3 is 34.3 Å². The smallest absolute Gasteiger partial charge is 0.397 e. The fourth-order valence-corrected chi connectivity index (χ4v) is 11.3. The number of aliphatic carboxylic acids is 2. The summed E-state index contributed by atoms with van der Waals surface area (Å²) in [4.78, 5) is 49.4.